The minimum absolute atomic E-state index is 0.0845. The molecule has 14 heavy (non-hydrogen) atoms. The number of carbonyl (C=O) groups is 1. The van der Waals surface area contributed by atoms with E-state index in [4.69, 9.17) is 0 Å². The largest absolute Gasteiger partial charge is 0.321 e. The first-order valence-corrected chi connectivity index (χ1v) is 4.56. The first-order valence-electron chi connectivity index (χ1n) is 4.56. The van der Waals surface area contributed by atoms with E-state index >= 15 is 0 Å². The number of aromatic nitrogens is 2. The second-order valence-electron chi connectivity index (χ2n) is 3.32. The van der Waals surface area contributed by atoms with Gasteiger partial charge in [-0.15, -0.1) is 0 Å². The van der Waals surface area contributed by atoms with Gasteiger partial charge < -0.3 is 5.32 Å². The van der Waals surface area contributed by atoms with E-state index in [0.717, 1.165) is 6.42 Å². The van der Waals surface area contributed by atoms with Crippen molar-refractivity contribution in [3.05, 3.63) is 30.2 Å². The number of anilines is 1. The maximum Gasteiger partial charge on any atom is 0.227 e. The van der Waals surface area contributed by atoms with Crippen LogP contribution in [0.25, 0.3) is 0 Å². The number of hydrogen-bond acceptors (Lipinski definition) is 4. The fourth-order valence-electron chi connectivity index (χ4n) is 1.36. The molecule has 2 rings (SSSR count). The minimum atomic E-state index is 0.0845. The van der Waals surface area contributed by atoms with E-state index in [1.165, 1.54) is 0 Å². The Morgan fingerprint density at radius 2 is 2.14 bits per heavy atom. The predicted octanol–water partition coefficient (Wildman–Crippen LogP) is 1.38. The van der Waals surface area contributed by atoms with Crippen LogP contribution in [0.15, 0.2) is 30.2 Å². The summed E-state index contributed by atoms with van der Waals surface area (Å²) in [6, 6.07) is 1.73. The van der Waals surface area contributed by atoms with Gasteiger partial charge >= 0.3 is 0 Å². The fraction of sp³-hybridized carbons (Fsp3) is 0.300. The van der Waals surface area contributed by atoms with E-state index in [1.807, 2.05) is 13.0 Å². The molecule has 1 N–H and O–H groups in total. The maximum atomic E-state index is 11.5. The molecule has 1 aromatic rings. The molecule has 4 heteroatoms. The van der Waals surface area contributed by atoms with Crippen LogP contribution in [0.3, 0.4) is 0 Å². The summed E-state index contributed by atoms with van der Waals surface area (Å²) in [6.07, 6.45) is 5.97. The van der Waals surface area contributed by atoms with Gasteiger partial charge in [-0.3, -0.25) is 4.79 Å². The second-order valence-corrected chi connectivity index (χ2v) is 3.32. The highest BCUT2D eigenvalue weighted by molar-refractivity contribution is 6.01. The van der Waals surface area contributed by atoms with Gasteiger partial charge in [-0.25, -0.2) is 9.97 Å². The van der Waals surface area contributed by atoms with Crippen molar-refractivity contribution in [3.8, 4) is 0 Å². The van der Waals surface area contributed by atoms with E-state index < -0.39 is 0 Å². The van der Waals surface area contributed by atoms with E-state index in [9.17, 15) is 4.79 Å². The molecule has 1 aliphatic carbocycles. The molecule has 1 aromatic heterocycles. The van der Waals surface area contributed by atoms with Crippen LogP contribution in [0, 0.1) is 5.92 Å². The Hall–Kier alpha value is -1.71. The fourth-order valence-corrected chi connectivity index (χ4v) is 1.36. The molecule has 0 saturated heterocycles. The van der Waals surface area contributed by atoms with Gasteiger partial charge in [0.05, 0.1) is 5.70 Å². The Labute approximate surface area is 82.1 Å². The zero-order chi connectivity index (χ0) is 9.97. The van der Waals surface area contributed by atoms with Crippen LogP contribution in [0.1, 0.15) is 13.3 Å². The molecule has 0 saturated carbocycles. The van der Waals surface area contributed by atoms with Crippen molar-refractivity contribution in [2.24, 2.45) is 5.92 Å². The van der Waals surface area contributed by atoms with E-state index in [0.29, 0.717) is 11.6 Å². The molecule has 1 unspecified atom stereocenters. The number of allylic oxidation sites excluding steroid dienone is 2. The summed E-state index contributed by atoms with van der Waals surface area (Å²) in [7, 11) is 0. The van der Waals surface area contributed by atoms with Gasteiger partial charge in [-0.05, 0) is 12.5 Å². The Bertz CT molecular complexity index is 372. The summed E-state index contributed by atoms with van der Waals surface area (Å²) in [5, 5.41) is 2.91. The number of carbonyl (C=O) groups excluding carboxylic acids is 1. The summed E-state index contributed by atoms with van der Waals surface area (Å²) in [6.45, 7) is 1.92. The number of rotatable bonds is 2. The molecule has 0 radical (unpaired) electrons. The highest BCUT2D eigenvalue weighted by Gasteiger charge is 2.23. The van der Waals surface area contributed by atoms with Gasteiger partial charge in [-0.1, -0.05) is 13.0 Å². The molecular weight excluding hydrogens is 178 g/mol. The average Bonchev–Trinajstić information content (AvgIpc) is 2.52. The lowest BCUT2D eigenvalue weighted by molar-refractivity contribution is -0.117. The molecule has 0 amide bonds. The van der Waals surface area contributed by atoms with Gasteiger partial charge in [0, 0.05) is 18.3 Å². The zero-order valence-corrected chi connectivity index (χ0v) is 7.90. The number of ketones is 1. The molecule has 0 bridgehead atoms. The lowest BCUT2D eigenvalue weighted by atomic mass is 10.1. The van der Waals surface area contributed by atoms with Crippen molar-refractivity contribution < 1.29 is 4.79 Å². The van der Waals surface area contributed by atoms with Gasteiger partial charge in [0.25, 0.3) is 0 Å². The smallest absolute Gasteiger partial charge is 0.227 e. The van der Waals surface area contributed by atoms with Crippen molar-refractivity contribution in [2.75, 3.05) is 5.32 Å². The molecule has 0 aromatic carbocycles. The Kier molecular flexibility index (Phi) is 2.26. The SMILES string of the molecule is CC1CC=C(Nc2ncccn2)C1=O. The first kappa shape index (κ1) is 8.87. The molecule has 72 valence electrons. The van der Waals surface area contributed by atoms with Crippen molar-refractivity contribution in [2.45, 2.75) is 13.3 Å². The lowest BCUT2D eigenvalue weighted by Crippen LogP contribution is -2.13. The molecule has 4 nitrogen and oxygen atoms in total. The van der Waals surface area contributed by atoms with Crippen molar-refractivity contribution in [1.29, 1.82) is 0 Å². The standard InChI is InChI=1S/C10H11N3O/c1-7-3-4-8(9(7)14)13-10-11-5-2-6-12-10/h2,4-7H,3H2,1H3,(H,11,12,13). The molecular formula is C10H11N3O. The highest BCUT2D eigenvalue weighted by atomic mass is 16.1. The Morgan fingerprint density at radius 1 is 1.43 bits per heavy atom. The van der Waals surface area contributed by atoms with Crippen LogP contribution in [0.2, 0.25) is 0 Å². The van der Waals surface area contributed by atoms with E-state index in [2.05, 4.69) is 15.3 Å². The zero-order valence-electron chi connectivity index (χ0n) is 7.90. The Morgan fingerprint density at radius 3 is 2.71 bits per heavy atom. The van der Waals surface area contributed by atoms with Crippen molar-refractivity contribution in [1.82, 2.24) is 9.97 Å². The summed E-state index contributed by atoms with van der Waals surface area (Å²) >= 11 is 0. The van der Waals surface area contributed by atoms with Crippen LogP contribution in [-0.4, -0.2) is 15.8 Å². The lowest BCUT2D eigenvalue weighted by Gasteiger charge is -2.04. The minimum Gasteiger partial charge on any atom is -0.321 e. The summed E-state index contributed by atoms with van der Waals surface area (Å²) in [5.74, 6) is 0.694. The van der Waals surface area contributed by atoms with Crippen LogP contribution in [-0.2, 0) is 4.79 Å². The normalized spacial score (nSPS) is 20.8. The predicted molar refractivity (Wildman–Crippen MR) is 52.5 cm³/mol. The number of nitrogens with zero attached hydrogens (tertiary/aromatic N) is 2. The molecule has 0 fully saturated rings. The summed E-state index contributed by atoms with van der Waals surface area (Å²) in [5.41, 5.74) is 0.615. The molecule has 1 atom stereocenters. The Balaban J connectivity index is 2.10. The summed E-state index contributed by atoms with van der Waals surface area (Å²) < 4.78 is 0. The maximum absolute atomic E-state index is 11.5. The third-order valence-electron chi connectivity index (χ3n) is 2.20. The molecule has 1 heterocycles. The molecule has 0 aliphatic heterocycles. The second kappa shape index (κ2) is 3.57. The number of Topliss-reactive ketones (excluding diaryl/α,β-unsaturated/α-hetero) is 1. The van der Waals surface area contributed by atoms with Crippen LogP contribution in [0.5, 0.6) is 0 Å². The van der Waals surface area contributed by atoms with Crippen LogP contribution < -0.4 is 5.32 Å². The van der Waals surface area contributed by atoms with Crippen molar-refractivity contribution >= 4 is 11.7 Å². The van der Waals surface area contributed by atoms with Gasteiger partial charge in [0.15, 0.2) is 5.78 Å². The van der Waals surface area contributed by atoms with Gasteiger partial charge in [-0.2, -0.15) is 0 Å². The molecule has 0 spiro atoms. The average molecular weight is 189 g/mol. The molecule has 1 aliphatic rings. The number of nitrogens with one attached hydrogen (secondary N) is 1. The van der Waals surface area contributed by atoms with Gasteiger partial charge in [0.1, 0.15) is 0 Å². The third kappa shape index (κ3) is 1.64. The quantitative estimate of drug-likeness (QED) is 0.763. The number of hydrogen-bond donors (Lipinski definition) is 1. The van der Waals surface area contributed by atoms with Crippen LogP contribution in [0.4, 0.5) is 5.95 Å². The topological polar surface area (TPSA) is 54.9 Å². The van der Waals surface area contributed by atoms with Crippen molar-refractivity contribution in [3.63, 3.8) is 0 Å². The van der Waals surface area contributed by atoms with E-state index in [-0.39, 0.29) is 11.7 Å². The van der Waals surface area contributed by atoms with Crippen LogP contribution >= 0.6 is 0 Å². The summed E-state index contributed by atoms with van der Waals surface area (Å²) in [4.78, 5) is 19.5. The van der Waals surface area contributed by atoms with E-state index in [1.54, 1.807) is 18.5 Å². The first-order chi connectivity index (χ1) is 6.77. The monoisotopic (exact) mass is 189 g/mol. The highest BCUT2D eigenvalue weighted by Crippen LogP contribution is 2.20. The van der Waals surface area contributed by atoms with Gasteiger partial charge in [0.2, 0.25) is 5.95 Å². The third-order valence-corrected chi connectivity index (χ3v) is 2.20.